The van der Waals surface area contributed by atoms with Crippen molar-refractivity contribution < 1.29 is 9.26 Å². The smallest absolute Gasteiger partial charge is 0.266 e. The minimum Gasteiger partial charge on any atom is -0.378 e. The van der Waals surface area contributed by atoms with Gasteiger partial charge in [-0.1, -0.05) is 6.92 Å². The largest absolute Gasteiger partial charge is 0.378 e. The lowest BCUT2D eigenvalue weighted by Gasteiger charge is -2.24. The Morgan fingerprint density at radius 1 is 1.41 bits per heavy atom. The van der Waals surface area contributed by atoms with Crippen LogP contribution in [-0.4, -0.2) is 43.0 Å². The van der Waals surface area contributed by atoms with Gasteiger partial charge in [-0.15, -0.1) is 0 Å². The fourth-order valence-electron chi connectivity index (χ4n) is 1.87. The van der Waals surface area contributed by atoms with Crippen LogP contribution >= 0.6 is 0 Å². The third-order valence-electron chi connectivity index (χ3n) is 2.99. The molecule has 2 rings (SSSR count). The highest BCUT2D eigenvalue weighted by Crippen LogP contribution is 2.21. The molecule has 0 aliphatic carbocycles. The van der Waals surface area contributed by atoms with Crippen LogP contribution in [-0.2, 0) is 4.74 Å². The topological polar surface area (TPSA) is 77.4 Å². The molecule has 1 atom stereocenters. The molecule has 2 N–H and O–H groups in total. The van der Waals surface area contributed by atoms with Crippen molar-refractivity contribution in [2.45, 2.75) is 25.7 Å². The second kappa shape index (κ2) is 5.97. The summed E-state index contributed by atoms with van der Waals surface area (Å²) in [5.74, 6) is 1.67. The monoisotopic (exact) mass is 240 g/mol. The molecule has 1 aliphatic heterocycles. The lowest BCUT2D eigenvalue weighted by molar-refractivity contribution is 0.121. The van der Waals surface area contributed by atoms with Gasteiger partial charge in [0.2, 0.25) is 5.89 Å². The Kier molecular flexibility index (Phi) is 4.33. The van der Waals surface area contributed by atoms with Gasteiger partial charge in [0.05, 0.1) is 13.2 Å². The van der Waals surface area contributed by atoms with E-state index in [-0.39, 0.29) is 5.92 Å². The van der Waals surface area contributed by atoms with Gasteiger partial charge in [0.25, 0.3) is 5.95 Å². The van der Waals surface area contributed by atoms with E-state index in [2.05, 4.69) is 22.0 Å². The summed E-state index contributed by atoms with van der Waals surface area (Å²) in [5.41, 5.74) is 5.49. The summed E-state index contributed by atoms with van der Waals surface area (Å²) in [6.45, 7) is 5.91. The maximum atomic E-state index is 5.49. The summed E-state index contributed by atoms with van der Waals surface area (Å²) in [4.78, 5) is 6.53. The number of rotatable bonds is 5. The van der Waals surface area contributed by atoms with E-state index in [1.54, 1.807) is 0 Å². The van der Waals surface area contributed by atoms with E-state index < -0.39 is 0 Å². The maximum absolute atomic E-state index is 5.49. The van der Waals surface area contributed by atoms with E-state index in [0.717, 1.165) is 39.1 Å². The lowest BCUT2D eigenvalue weighted by atomic mass is 10.1. The van der Waals surface area contributed by atoms with Gasteiger partial charge >= 0.3 is 0 Å². The minimum absolute atomic E-state index is 0.279. The molecule has 0 bridgehead atoms. The van der Waals surface area contributed by atoms with Crippen molar-refractivity contribution in [1.82, 2.24) is 10.1 Å². The van der Waals surface area contributed by atoms with E-state index >= 15 is 0 Å². The third kappa shape index (κ3) is 3.17. The first-order valence-electron chi connectivity index (χ1n) is 6.17. The van der Waals surface area contributed by atoms with Crippen LogP contribution in [0, 0.1) is 0 Å². The predicted molar refractivity (Wildman–Crippen MR) is 64.0 cm³/mol. The van der Waals surface area contributed by atoms with Crippen LogP contribution < -0.4 is 10.6 Å². The normalized spacial score (nSPS) is 18.4. The number of ether oxygens (including phenoxy) is 1. The first-order chi connectivity index (χ1) is 8.31. The summed E-state index contributed by atoms with van der Waals surface area (Å²) < 4.78 is 10.6. The fraction of sp³-hybridized carbons (Fsp3) is 0.818. The molecule has 6 nitrogen and oxygen atoms in total. The van der Waals surface area contributed by atoms with Gasteiger partial charge < -0.3 is 19.9 Å². The molecule has 0 saturated carbocycles. The van der Waals surface area contributed by atoms with Gasteiger partial charge in [-0.3, -0.25) is 0 Å². The van der Waals surface area contributed by atoms with E-state index in [9.17, 15) is 0 Å². The van der Waals surface area contributed by atoms with Gasteiger partial charge in [-0.25, -0.2) is 0 Å². The van der Waals surface area contributed by atoms with Crippen LogP contribution in [0.5, 0.6) is 0 Å². The number of nitrogens with zero attached hydrogens (tertiary/aromatic N) is 3. The zero-order valence-corrected chi connectivity index (χ0v) is 10.3. The molecule has 0 aromatic carbocycles. The van der Waals surface area contributed by atoms with Crippen LogP contribution in [0.4, 0.5) is 5.95 Å². The van der Waals surface area contributed by atoms with Crippen LogP contribution in [0.25, 0.3) is 0 Å². The lowest BCUT2D eigenvalue weighted by Crippen LogP contribution is -2.36. The fourth-order valence-corrected chi connectivity index (χ4v) is 1.87. The van der Waals surface area contributed by atoms with E-state index in [1.165, 1.54) is 0 Å². The minimum atomic E-state index is 0.279. The molecular weight excluding hydrogens is 220 g/mol. The highest BCUT2D eigenvalue weighted by atomic mass is 16.5. The molecule has 0 amide bonds. The molecule has 0 radical (unpaired) electrons. The molecule has 17 heavy (non-hydrogen) atoms. The molecule has 1 unspecified atom stereocenters. The maximum Gasteiger partial charge on any atom is 0.266 e. The van der Waals surface area contributed by atoms with Gasteiger partial charge in [0.15, 0.2) is 0 Å². The SMILES string of the molecule is CC(CCCN)c1nc(N2CCOCC2)no1. The zero-order valence-electron chi connectivity index (χ0n) is 10.3. The number of hydrogen-bond donors (Lipinski definition) is 1. The van der Waals surface area contributed by atoms with Crippen LogP contribution in [0.1, 0.15) is 31.6 Å². The molecule has 0 spiro atoms. The van der Waals surface area contributed by atoms with Crippen molar-refractivity contribution in [3.8, 4) is 0 Å². The van der Waals surface area contributed by atoms with Crippen LogP contribution in [0.15, 0.2) is 4.52 Å². The molecule has 2 heterocycles. The first kappa shape index (κ1) is 12.3. The average molecular weight is 240 g/mol. The second-order valence-corrected chi connectivity index (χ2v) is 4.36. The summed E-state index contributed by atoms with van der Waals surface area (Å²) in [5, 5.41) is 4.02. The number of hydrogen-bond acceptors (Lipinski definition) is 6. The first-order valence-corrected chi connectivity index (χ1v) is 6.17. The summed E-state index contributed by atoms with van der Waals surface area (Å²) >= 11 is 0. The van der Waals surface area contributed by atoms with Gasteiger partial charge in [0, 0.05) is 19.0 Å². The Morgan fingerprint density at radius 2 is 2.18 bits per heavy atom. The predicted octanol–water partition coefficient (Wildman–Crippen LogP) is 0.749. The molecule has 96 valence electrons. The third-order valence-corrected chi connectivity index (χ3v) is 2.99. The van der Waals surface area contributed by atoms with Crippen molar-refractivity contribution in [3.05, 3.63) is 5.89 Å². The number of morpholine rings is 1. The molecule has 1 aromatic heterocycles. The summed E-state index contributed by atoms with van der Waals surface area (Å²) in [6.07, 6.45) is 1.97. The Balaban J connectivity index is 1.94. The summed E-state index contributed by atoms with van der Waals surface area (Å²) in [6, 6.07) is 0. The standard InChI is InChI=1S/C11H20N4O2/c1-9(3-2-4-12)10-13-11(14-17-10)15-5-7-16-8-6-15/h9H,2-8,12H2,1H3. The molecule has 1 aromatic rings. The van der Waals surface area contributed by atoms with E-state index in [1.807, 2.05) is 0 Å². The zero-order chi connectivity index (χ0) is 12.1. The highest BCUT2D eigenvalue weighted by Gasteiger charge is 2.19. The molecule has 1 saturated heterocycles. The van der Waals surface area contributed by atoms with E-state index in [0.29, 0.717) is 18.4 Å². The van der Waals surface area contributed by atoms with Gasteiger partial charge in [0.1, 0.15) is 0 Å². The Morgan fingerprint density at radius 3 is 2.88 bits per heavy atom. The summed E-state index contributed by atoms with van der Waals surface area (Å²) in [7, 11) is 0. The molecule has 1 aliphatic rings. The Bertz CT molecular complexity index is 336. The molecule has 6 heteroatoms. The Hall–Kier alpha value is -1.14. The highest BCUT2D eigenvalue weighted by molar-refractivity contribution is 5.28. The second-order valence-electron chi connectivity index (χ2n) is 4.36. The molecule has 1 fully saturated rings. The van der Waals surface area contributed by atoms with Crippen LogP contribution in [0.3, 0.4) is 0 Å². The van der Waals surface area contributed by atoms with Crippen molar-refractivity contribution in [2.75, 3.05) is 37.7 Å². The van der Waals surface area contributed by atoms with E-state index in [4.69, 9.17) is 15.0 Å². The number of aromatic nitrogens is 2. The van der Waals surface area contributed by atoms with Crippen molar-refractivity contribution in [1.29, 1.82) is 0 Å². The van der Waals surface area contributed by atoms with Crippen LogP contribution in [0.2, 0.25) is 0 Å². The quantitative estimate of drug-likeness (QED) is 0.818. The molecular formula is C11H20N4O2. The van der Waals surface area contributed by atoms with Gasteiger partial charge in [-0.05, 0) is 24.5 Å². The average Bonchev–Trinajstić information content (AvgIpc) is 2.86. The number of nitrogens with two attached hydrogens (primary N) is 1. The van der Waals surface area contributed by atoms with Crippen molar-refractivity contribution in [2.24, 2.45) is 5.73 Å². The Labute approximate surface area is 101 Å². The number of anilines is 1. The van der Waals surface area contributed by atoms with Gasteiger partial charge in [-0.2, -0.15) is 4.98 Å². The van der Waals surface area contributed by atoms with Crippen molar-refractivity contribution >= 4 is 5.95 Å². The van der Waals surface area contributed by atoms with Crippen molar-refractivity contribution in [3.63, 3.8) is 0 Å².